The van der Waals surface area contributed by atoms with Gasteiger partial charge in [-0.25, -0.2) is 4.79 Å². The van der Waals surface area contributed by atoms with Crippen molar-refractivity contribution >= 4 is 17.8 Å². The third-order valence-electron chi connectivity index (χ3n) is 6.99. The number of carbonyl (C=O) groups is 3. The molecule has 8 heteroatoms. The number of urea groups is 1. The lowest BCUT2D eigenvalue weighted by atomic mass is 9.91. The van der Waals surface area contributed by atoms with Crippen molar-refractivity contribution in [2.45, 2.75) is 39.4 Å². The summed E-state index contributed by atoms with van der Waals surface area (Å²) in [5, 5.41) is 5.95. The maximum absolute atomic E-state index is 14.1. The largest absolute Gasteiger partial charge is 0.467 e. The molecule has 2 aliphatic heterocycles. The number of likely N-dealkylation sites (N-methyl/N-ethyl adjacent to an activating group) is 1. The van der Waals surface area contributed by atoms with Crippen molar-refractivity contribution in [2.24, 2.45) is 0 Å². The van der Waals surface area contributed by atoms with E-state index in [1.165, 1.54) is 0 Å². The second kappa shape index (κ2) is 9.97. The number of amides is 4. The molecule has 0 fully saturated rings. The highest BCUT2D eigenvalue weighted by molar-refractivity contribution is 6.04. The van der Waals surface area contributed by atoms with Crippen LogP contribution in [0.15, 0.2) is 82.6 Å². The van der Waals surface area contributed by atoms with Crippen LogP contribution in [0.25, 0.3) is 0 Å². The summed E-state index contributed by atoms with van der Waals surface area (Å²) in [7, 11) is 0. The maximum atomic E-state index is 14.1. The second-order valence-electron chi connectivity index (χ2n) is 9.39. The fourth-order valence-corrected chi connectivity index (χ4v) is 5.23. The maximum Gasteiger partial charge on any atom is 0.322 e. The van der Waals surface area contributed by atoms with Gasteiger partial charge in [0.05, 0.1) is 36.7 Å². The highest BCUT2D eigenvalue weighted by Gasteiger charge is 2.47. The molecule has 4 amide bonds. The van der Waals surface area contributed by atoms with Crippen LogP contribution in [0.3, 0.4) is 0 Å². The zero-order valence-corrected chi connectivity index (χ0v) is 21.2. The summed E-state index contributed by atoms with van der Waals surface area (Å²) >= 11 is 0. The van der Waals surface area contributed by atoms with Gasteiger partial charge in [-0.1, -0.05) is 54.1 Å². The van der Waals surface area contributed by atoms with Crippen molar-refractivity contribution in [1.82, 2.24) is 20.4 Å². The Labute approximate surface area is 215 Å². The van der Waals surface area contributed by atoms with Gasteiger partial charge in [0, 0.05) is 6.54 Å². The van der Waals surface area contributed by atoms with Gasteiger partial charge < -0.3 is 20.0 Å². The van der Waals surface area contributed by atoms with E-state index >= 15 is 0 Å². The van der Waals surface area contributed by atoms with E-state index < -0.39 is 12.1 Å². The molecule has 0 saturated heterocycles. The lowest BCUT2D eigenvalue weighted by Crippen LogP contribution is -2.47. The van der Waals surface area contributed by atoms with Gasteiger partial charge in [0.15, 0.2) is 0 Å². The molecular weight excluding hydrogens is 468 g/mol. The molecule has 3 aromatic rings. The summed E-state index contributed by atoms with van der Waals surface area (Å²) in [6.45, 7) is 6.63. The lowest BCUT2D eigenvalue weighted by molar-refractivity contribution is -0.136. The Bertz CT molecular complexity index is 1360. The first-order valence-electron chi connectivity index (χ1n) is 12.4. The van der Waals surface area contributed by atoms with E-state index in [1.54, 1.807) is 28.2 Å². The summed E-state index contributed by atoms with van der Waals surface area (Å²) in [6.07, 6.45) is 1.55. The normalized spacial score (nSPS) is 18.1. The molecular formula is C29H30N4O4. The number of nitrogens with one attached hydrogen (secondary N) is 2. The Morgan fingerprint density at radius 1 is 1.11 bits per heavy atom. The van der Waals surface area contributed by atoms with E-state index in [0.29, 0.717) is 29.1 Å². The molecule has 3 heterocycles. The number of aryl methyl sites for hydroxylation is 2. The van der Waals surface area contributed by atoms with E-state index in [-0.39, 0.29) is 30.9 Å². The first-order valence-corrected chi connectivity index (χ1v) is 12.4. The SMILES string of the molecule is CCN1C(=O)N[C@H](c2ccc(C)cc2C)C2=C1CN([C@@H](C(=O)NCc1ccco1)c1ccccc1)C2=O. The second-order valence-corrected chi connectivity index (χ2v) is 9.39. The molecule has 1 aromatic heterocycles. The molecule has 2 atom stereocenters. The van der Waals surface area contributed by atoms with Crippen molar-refractivity contribution in [3.8, 4) is 0 Å². The van der Waals surface area contributed by atoms with Crippen LogP contribution in [0.1, 0.15) is 47.0 Å². The first-order chi connectivity index (χ1) is 17.9. The number of furan rings is 1. The third-order valence-corrected chi connectivity index (χ3v) is 6.99. The first kappa shape index (κ1) is 24.4. The Kier molecular flexibility index (Phi) is 6.56. The van der Waals surface area contributed by atoms with Crippen LogP contribution in [0, 0.1) is 13.8 Å². The van der Waals surface area contributed by atoms with Gasteiger partial charge in [0.25, 0.3) is 5.91 Å². The molecule has 8 nitrogen and oxygen atoms in total. The van der Waals surface area contributed by atoms with Crippen LogP contribution in [0.2, 0.25) is 0 Å². The number of hydrogen-bond acceptors (Lipinski definition) is 4. The Morgan fingerprint density at radius 2 is 1.89 bits per heavy atom. The number of carbonyl (C=O) groups excluding carboxylic acids is 3. The molecule has 0 bridgehead atoms. The topological polar surface area (TPSA) is 94.9 Å². The highest BCUT2D eigenvalue weighted by atomic mass is 16.3. The molecule has 190 valence electrons. The fraction of sp³-hybridized carbons (Fsp3) is 0.276. The Morgan fingerprint density at radius 3 is 2.57 bits per heavy atom. The number of nitrogens with zero attached hydrogens (tertiary/aromatic N) is 2. The average Bonchev–Trinajstić information content (AvgIpc) is 3.52. The van der Waals surface area contributed by atoms with E-state index in [0.717, 1.165) is 16.7 Å². The molecule has 2 aromatic carbocycles. The van der Waals surface area contributed by atoms with Crippen LogP contribution in [0.5, 0.6) is 0 Å². The van der Waals surface area contributed by atoms with Crippen molar-refractivity contribution < 1.29 is 18.8 Å². The minimum atomic E-state index is -0.872. The van der Waals surface area contributed by atoms with Gasteiger partial charge in [-0.3, -0.25) is 14.5 Å². The zero-order valence-electron chi connectivity index (χ0n) is 21.2. The summed E-state index contributed by atoms with van der Waals surface area (Å²) in [6, 6.07) is 17.0. The molecule has 5 rings (SSSR count). The number of rotatable bonds is 7. The van der Waals surface area contributed by atoms with Crippen LogP contribution in [0.4, 0.5) is 4.79 Å². The molecule has 0 spiro atoms. The molecule has 0 unspecified atom stereocenters. The predicted molar refractivity (Wildman–Crippen MR) is 138 cm³/mol. The minimum Gasteiger partial charge on any atom is -0.467 e. The highest BCUT2D eigenvalue weighted by Crippen LogP contribution is 2.40. The van der Waals surface area contributed by atoms with E-state index in [9.17, 15) is 14.4 Å². The molecule has 37 heavy (non-hydrogen) atoms. The van der Waals surface area contributed by atoms with E-state index in [2.05, 4.69) is 10.6 Å². The van der Waals surface area contributed by atoms with Crippen LogP contribution in [-0.2, 0) is 16.1 Å². The number of hydrogen-bond donors (Lipinski definition) is 2. The minimum absolute atomic E-state index is 0.157. The van der Waals surface area contributed by atoms with E-state index in [1.807, 2.05) is 69.3 Å². The summed E-state index contributed by atoms with van der Waals surface area (Å²) in [4.78, 5) is 44.0. The fourth-order valence-electron chi connectivity index (χ4n) is 5.23. The summed E-state index contributed by atoms with van der Waals surface area (Å²) in [5.74, 6) is 0.0359. The van der Waals surface area contributed by atoms with Crippen LogP contribution < -0.4 is 10.6 Å². The van der Waals surface area contributed by atoms with Gasteiger partial charge in [-0.15, -0.1) is 0 Å². The molecule has 0 saturated carbocycles. The standard InChI is InChI=1S/C29H30N4O4/c1-4-32-23-17-33(26(20-9-6-5-7-10-20)27(34)30-16-21-11-8-14-37-21)28(35)24(23)25(31-29(32)36)22-13-12-18(2)15-19(22)3/h5-15,25-26H,4,16-17H2,1-3H3,(H,30,34)(H,31,36)/t25-,26-/m1/s1. The van der Waals surface area contributed by atoms with Gasteiger partial charge in [0.1, 0.15) is 11.8 Å². The van der Waals surface area contributed by atoms with Gasteiger partial charge in [-0.05, 0) is 49.6 Å². The Hall–Kier alpha value is -4.33. The number of benzene rings is 2. The average molecular weight is 499 g/mol. The summed E-state index contributed by atoms with van der Waals surface area (Å²) in [5.41, 5.74) is 4.80. The lowest BCUT2D eigenvalue weighted by Gasteiger charge is -2.33. The van der Waals surface area contributed by atoms with Crippen LogP contribution in [-0.4, -0.2) is 40.7 Å². The monoisotopic (exact) mass is 498 g/mol. The molecule has 2 aliphatic rings. The van der Waals surface area contributed by atoms with Crippen molar-refractivity contribution in [3.63, 3.8) is 0 Å². The third kappa shape index (κ3) is 4.50. The quantitative estimate of drug-likeness (QED) is 0.512. The van der Waals surface area contributed by atoms with Crippen molar-refractivity contribution in [1.29, 1.82) is 0 Å². The molecule has 0 radical (unpaired) electrons. The molecule has 2 N–H and O–H groups in total. The van der Waals surface area contributed by atoms with Crippen molar-refractivity contribution in [3.05, 3.63) is 106 Å². The van der Waals surface area contributed by atoms with E-state index in [4.69, 9.17) is 4.42 Å². The zero-order chi connectivity index (χ0) is 26.1. The predicted octanol–water partition coefficient (Wildman–Crippen LogP) is 4.14. The van der Waals surface area contributed by atoms with Crippen molar-refractivity contribution in [2.75, 3.05) is 13.1 Å². The summed E-state index contributed by atoms with van der Waals surface area (Å²) < 4.78 is 5.36. The van der Waals surface area contributed by atoms with Gasteiger partial charge in [0.2, 0.25) is 5.91 Å². The molecule has 0 aliphatic carbocycles. The van der Waals surface area contributed by atoms with Crippen LogP contribution >= 0.6 is 0 Å². The Balaban J connectivity index is 1.53. The van der Waals surface area contributed by atoms with Gasteiger partial charge in [-0.2, -0.15) is 0 Å². The smallest absolute Gasteiger partial charge is 0.322 e. The van der Waals surface area contributed by atoms with Gasteiger partial charge >= 0.3 is 6.03 Å².